The van der Waals surface area contributed by atoms with Crippen LogP contribution < -0.4 is 15.2 Å². The second-order valence-electron chi connectivity index (χ2n) is 4.19. The van der Waals surface area contributed by atoms with E-state index in [0.29, 0.717) is 18.0 Å². The topological polar surface area (TPSA) is 73.2 Å². The fraction of sp³-hybridized carbons (Fsp3) is 0.357. The predicted molar refractivity (Wildman–Crippen MR) is 74.5 cm³/mol. The third-order valence-corrected chi connectivity index (χ3v) is 2.94. The first-order valence-electron chi connectivity index (χ1n) is 6.25. The van der Waals surface area contributed by atoms with Crippen molar-refractivity contribution in [3.8, 4) is 22.9 Å². The number of aryl methyl sites for hydroxylation is 1. The monoisotopic (exact) mass is 261 g/mol. The van der Waals surface area contributed by atoms with Gasteiger partial charge in [-0.2, -0.15) is 0 Å². The number of methoxy groups -OCH3 is 2. The van der Waals surface area contributed by atoms with Gasteiger partial charge in [0.2, 0.25) is 0 Å². The summed E-state index contributed by atoms with van der Waals surface area (Å²) >= 11 is 0. The number of para-hydroxylation sites is 1. The average molecular weight is 261 g/mol. The number of H-pyrrole nitrogens is 1. The minimum absolute atomic E-state index is 0.677. The zero-order chi connectivity index (χ0) is 13.7. The molecule has 0 aliphatic carbocycles. The summed E-state index contributed by atoms with van der Waals surface area (Å²) in [6.07, 6.45) is 3.68. The molecule has 0 fully saturated rings. The van der Waals surface area contributed by atoms with E-state index >= 15 is 0 Å². The lowest BCUT2D eigenvalue weighted by Gasteiger charge is -2.10. The van der Waals surface area contributed by atoms with Gasteiger partial charge < -0.3 is 20.2 Å². The van der Waals surface area contributed by atoms with Gasteiger partial charge >= 0.3 is 0 Å². The van der Waals surface area contributed by atoms with Crippen molar-refractivity contribution in [3.05, 3.63) is 30.1 Å². The largest absolute Gasteiger partial charge is 0.493 e. The fourth-order valence-electron chi connectivity index (χ4n) is 1.99. The van der Waals surface area contributed by atoms with Crippen LogP contribution >= 0.6 is 0 Å². The third-order valence-electron chi connectivity index (χ3n) is 2.94. The molecule has 0 amide bonds. The molecule has 2 aromatic rings. The molecule has 0 unspecified atom stereocenters. The minimum atomic E-state index is 0.677. The van der Waals surface area contributed by atoms with Crippen LogP contribution in [-0.2, 0) is 6.42 Å². The Kier molecular flexibility index (Phi) is 4.41. The lowest BCUT2D eigenvalue weighted by molar-refractivity contribution is 0.356. The second-order valence-corrected chi connectivity index (χ2v) is 4.19. The highest BCUT2D eigenvalue weighted by Crippen LogP contribution is 2.36. The first-order chi connectivity index (χ1) is 9.30. The molecular formula is C14H19N3O2. The molecule has 2 rings (SSSR count). The van der Waals surface area contributed by atoms with Gasteiger partial charge in [0.25, 0.3) is 0 Å². The maximum Gasteiger partial charge on any atom is 0.171 e. The Bertz CT molecular complexity index is 537. The van der Waals surface area contributed by atoms with Crippen molar-refractivity contribution in [2.24, 2.45) is 5.73 Å². The molecule has 19 heavy (non-hydrogen) atoms. The first kappa shape index (κ1) is 13.4. The summed E-state index contributed by atoms with van der Waals surface area (Å²) in [5.74, 6) is 2.16. The van der Waals surface area contributed by atoms with Gasteiger partial charge in [-0.15, -0.1) is 0 Å². The van der Waals surface area contributed by atoms with E-state index < -0.39 is 0 Å². The smallest absolute Gasteiger partial charge is 0.171 e. The molecule has 102 valence electrons. The molecule has 1 aromatic heterocycles. The van der Waals surface area contributed by atoms with Crippen molar-refractivity contribution in [3.63, 3.8) is 0 Å². The number of nitrogens with two attached hydrogens (primary N) is 1. The maximum atomic E-state index is 5.51. The second kappa shape index (κ2) is 6.24. The molecule has 1 aromatic carbocycles. The molecule has 0 bridgehead atoms. The van der Waals surface area contributed by atoms with Crippen LogP contribution in [0.4, 0.5) is 0 Å². The molecule has 3 N–H and O–H groups in total. The van der Waals surface area contributed by atoms with Crippen molar-refractivity contribution in [1.82, 2.24) is 9.97 Å². The van der Waals surface area contributed by atoms with Crippen LogP contribution in [-0.4, -0.2) is 30.7 Å². The Labute approximate surface area is 112 Å². The standard InChI is InChI=1S/C14H19N3O2/c1-18-12-7-3-6-11(13(12)19-2)14-16-9-10(17-14)5-4-8-15/h3,6-7,9H,4-5,8,15H2,1-2H3,(H,16,17). The highest BCUT2D eigenvalue weighted by atomic mass is 16.5. The summed E-state index contributed by atoms with van der Waals surface area (Å²) in [6, 6.07) is 5.73. The Hall–Kier alpha value is -2.01. The van der Waals surface area contributed by atoms with Gasteiger partial charge in [0.05, 0.1) is 19.8 Å². The third kappa shape index (κ3) is 2.88. The summed E-state index contributed by atoms with van der Waals surface area (Å²) in [5, 5.41) is 0. The number of rotatable bonds is 6. The van der Waals surface area contributed by atoms with E-state index in [2.05, 4.69) is 9.97 Å². The summed E-state index contributed by atoms with van der Waals surface area (Å²) in [6.45, 7) is 0.677. The van der Waals surface area contributed by atoms with E-state index in [1.807, 2.05) is 24.4 Å². The van der Waals surface area contributed by atoms with Crippen LogP contribution in [0, 0.1) is 0 Å². The molecular weight excluding hydrogens is 242 g/mol. The lowest BCUT2D eigenvalue weighted by atomic mass is 10.1. The van der Waals surface area contributed by atoms with Crippen LogP contribution in [0.25, 0.3) is 11.4 Å². The summed E-state index contributed by atoms with van der Waals surface area (Å²) < 4.78 is 10.7. The van der Waals surface area contributed by atoms with Crippen molar-refractivity contribution in [1.29, 1.82) is 0 Å². The van der Waals surface area contributed by atoms with E-state index in [1.165, 1.54) is 0 Å². The van der Waals surface area contributed by atoms with Crippen molar-refractivity contribution < 1.29 is 9.47 Å². The Morgan fingerprint density at radius 2 is 2.11 bits per heavy atom. The number of imidazole rings is 1. The minimum Gasteiger partial charge on any atom is -0.493 e. The van der Waals surface area contributed by atoms with E-state index in [0.717, 1.165) is 29.9 Å². The molecule has 0 saturated heterocycles. The molecule has 0 aliphatic heterocycles. The zero-order valence-electron chi connectivity index (χ0n) is 11.3. The molecule has 5 nitrogen and oxygen atoms in total. The van der Waals surface area contributed by atoms with Crippen LogP contribution in [0.3, 0.4) is 0 Å². The number of hydrogen-bond acceptors (Lipinski definition) is 4. The molecule has 0 saturated carbocycles. The van der Waals surface area contributed by atoms with Crippen molar-refractivity contribution in [2.75, 3.05) is 20.8 Å². The number of ether oxygens (including phenoxy) is 2. The van der Waals surface area contributed by atoms with Gasteiger partial charge in [-0.3, -0.25) is 0 Å². The Morgan fingerprint density at radius 3 is 2.79 bits per heavy atom. The molecule has 0 spiro atoms. The zero-order valence-corrected chi connectivity index (χ0v) is 11.3. The van der Waals surface area contributed by atoms with E-state index in [1.54, 1.807) is 14.2 Å². The lowest BCUT2D eigenvalue weighted by Crippen LogP contribution is -2.00. The molecule has 0 atom stereocenters. The summed E-state index contributed by atoms with van der Waals surface area (Å²) in [4.78, 5) is 7.68. The van der Waals surface area contributed by atoms with Crippen molar-refractivity contribution >= 4 is 0 Å². The quantitative estimate of drug-likeness (QED) is 0.834. The molecule has 1 heterocycles. The van der Waals surface area contributed by atoms with E-state index in [-0.39, 0.29) is 0 Å². The number of nitrogens with one attached hydrogen (secondary N) is 1. The van der Waals surface area contributed by atoms with Crippen LogP contribution in [0.2, 0.25) is 0 Å². The van der Waals surface area contributed by atoms with E-state index in [9.17, 15) is 0 Å². The number of hydrogen-bond donors (Lipinski definition) is 2. The average Bonchev–Trinajstić information content (AvgIpc) is 2.92. The SMILES string of the molecule is COc1cccc(-c2ncc(CCCN)[nH]2)c1OC. The highest BCUT2D eigenvalue weighted by molar-refractivity contribution is 5.68. The van der Waals surface area contributed by atoms with Gasteiger partial charge in [-0.05, 0) is 31.5 Å². The maximum absolute atomic E-state index is 5.51. The number of nitrogens with zero attached hydrogens (tertiary/aromatic N) is 1. The van der Waals surface area contributed by atoms with Crippen LogP contribution in [0.1, 0.15) is 12.1 Å². The van der Waals surface area contributed by atoms with Gasteiger partial charge in [-0.25, -0.2) is 4.98 Å². The number of aromatic amines is 1. The summed E-state index contributed by atoms with van der Waals surface area (Å²) in [7, 11) is 3.25. The van der Waals surface area contributed by atoms with Gasteiger partial charge in [0.15, 0.2) is 11.5 Å². The van der Waals surface area contributed by atoms with Crippen LogP contribution in [0.15, 0.2) is 24.4 Å². The number of benzene rings is 1. The van der Waals surface area contributed by atoms with Gasteiger partial charge in [0, 0.05) is 11.9 Å². The highest BCUT2D eigenvalue weighted by Gasteiger charge is 2.13. The number of aromatic nitrogens is 2. The van der Waals surface area contributed by atoms with E-state index in [4.69, 9.17) is 15.2 Å². The van der Waals surface area contributed by atoms with Crippen LogP contribution in [0.5, 0.6) is 11.5 Å². The molecule has 0 radical (unpaired) electrons. The Morgan fingerprint density at radius 1 is 1.26 bits per heavy atom. The fourth-order valence-corrected chi connectivity index (χ4v) is 1.99. The predicted octanol–water partition coefficient (Wildman–Crippen LogP) is 1.99. The summed E-state index contributed by atoms with van der Waals surface area (Å²) in [5.41, 5.74) is 7.47. The normalized spacial score (nSPS) is 10.5. The van der Waals surface area contributed by atoms with Gasteiger partial charge in [-0.1, -0.05) is 6.07 Å². The molecule has 5 heteroatoms. The van der Waals surface area contributed by atoms with Gasteiger partial charge in [0.1, 0.15) is 5.82 Å². The van der Waals surface area contributed by atoms with Crippen molar-refractivity contribution in [2.45, 2.75) is 12.8 Å². The Balaban J connectivity index is 2.33. The first-order valence-corrected chi connectivity index (χ1v) is 6.25. The molecule has 0 aliphatic rings.